The largest absolute Gasteiger partial charge is 0.374 e. The van der Waals surface area contributed by atoms with Crippen LogP contribution in [-0.4, -0.2) is 55.5 Å². The van der Waals surface area contributed by atoms with Crippen molar-refractivity contribution >= 4 is 17.5 Å². The van der Waals surface area contributed by atoms with Crippen LogP contribution in [0, 0.1) is 5.92 Å². The Morgan fingerprint density at radius 2 is 1.68 bits per heavy atom. The van der Waals surface area contributed by atoms with Gasteiger partial charge in [0.25, 0.3) is 0 Å². The Morgan fingerprint density at radius 1 is 0.964 bits per heavy atom. The maximum atomic E-state index is 11.9. The van der Waals surface area contributed by atoms with Crippen LogP contribution in [0.1, 0.15) is 50.0 Å². The van der Waals surface area contributed by atoms with Crippen LogP contribution in [0.2, 0.25) is 0 Å². The molecule has 0 spiro atoms. The smallest absolute Gasteiger partial charge is 0.249 e. The highest BCUT2D eigenvalue weighted by Gasteiger charge is 2.27. The quantitative estimate of drug-likeness (QED) is 0.678. The summed E-state index contributed by atoms with van der Waals surface area (Å²) >= 11 is 0. The highest BCUT2D eigenvalue weighted by atomic mass is 16.2. The Labute approximate surface area is 167 Å². The molecule has 1 aromatic rings. The molecule has 0 aromatic heterocycles. The number of carbonyl (C=O) groups excluding carboxylic acids is 2. The molecule has 3 fully saturated rings. The minimum atomic E-state index is -0.318. The SMILES string of the molecule is O=C1CC[C@H](Nc2ccc(C3CCN(CC4CCNCC4)CC3)cc2)C(=O)N1. The van der Waals surface area contributed by atoms with E-state index < -0.39 is 0 Å². The van der Waals surface area contributed by atoms with E-state index in [-0.39, 0.29) is 17.9 Å². The molecule has 28 heavy (non-hydrogen) atoms. The van der Waals surface area contributed by atoms with Gasteiger partial charge in [0.15, 0.2) is 0 Å². The zero-order valence-electron chi connectivity index (χ0n) is 16.6. The van der Waals surface area contributed by atoms with E-state index >= 15 is 0 Å². The number of anilines is 1. The maximum absolute atomic E-state index is 11.9. The van der Waals surface area contributed by atoms with Crippen LogP contribution in [0.4, 0.5) is 5.69 Å². The van der Waals surface area contributed by atoms with Gasteiger partial charge < -0.3 is 15.5 Å². The number of carbonyl (C=O) groups is 2. The molecule has 3 N–H and O–H groups in total. The molecule has 6 heteroatoms. The number of rotatable bonds is 5. The predicted octanol–water partition coefficient (Wildman–Crippen LogP) is 2.08. The summed E-state index contributed by atoms with van der Waals surface area (Å²) in [6.07, 6.45) is 6.05. The molecule has 6 nitrogen and oxygen atoms in total. The summed E-state index contributed by atoms with van der Waals surface area (Å²) in [5, 5.41) is 9.11. The van der Waals surface area contributed by atoms with Crippen LogP contribution < -0.4 is 16.0 Å². The summed E-state index contributed by atoms with van der Waals surface area (Å²) in [5.41, 5.74) is 2.34. The topological polar surface area (TPSA) is 73.5 Å². The first kappa shape index (κ1) is 19.4. The maximum Gasteiger partial charge on any atom is 0.249 e. The van der Waals surface area contributed by atoms with Crippen LogP contribution >= 0.6 is 0 Å². The summed E-state index contributed by atoms with van der Waals surface area (Å²) in [7, 11) is 0. The first-order valence-electron chi connectivity index (χ1n) is 10.8. The molecule has 3 aliphatic heterocycles. The lowest BCUT2D eigenvalue weighted by molar-refractivity contribution is -0.133. The van der Waals surface area contributed by atoms with E-state index in [0.717, 1.165) is 11.6 Å². The van der Waals surface area contributed by atoms with Crippen molar-refractivity contribution < 1.29 is 9.59 Å². The van der Waals surface area contributed by atoms with Gasteiger partial charge in [0.2, 0.25) is 11.8 Å². The summed E-state index contributed by atoms with van der Waals surface area (Å²) < 4.78 is 0. The molecule has 152 valence electrons. The van der Waals surface area contributed by atoms with E-state index in [9.17, 15) is 9.59 Å². The molecular formula is C22H32N4O2. The number of nitrogens with zero attached hydrogens (tertiary/aromatic N) is 1. The van der Waals surface area contributed by atoms with Gasteiger partial charge in [-0.1, -0.05) is 12.1 Å². The third-order valence-electron chi connectivity index (χ3n) is 6.52. The predicted molar refractivity (Wildman–Crippen MR) is 110 cm³/mol. The molecular weight excluding hydrogens is 352 g/mol. The van der Waals surface area contributed by atoms with Gasteiger partial charge >= 0.3 is 0 Å². The standard InChI is InChI=1S/C22H32N4O2/c27-21-6-5-20(22(28)25-21)24-19-3-1-17(2-4-19)18-9-13-26(14-10-18)15-16-7-11-23-12-8-16/h1-4,16,18,20,23-24H,5-15H2,(H,25,27,28)/t20-/m0/s1. The van der Waals surface area contributed by atoms with Gasteiger partial charge in [-0.3, -0.25) is 14.9 Å². The fourth-order valence-corrected chi connectivity index (χ4v) is 4.76. The van der Waals surface area contributed by atoms with Gasteiger partial charge in [-0.2, -0.15) is 0 Å². The van der Waals surface area contributed by atoms with Crippen molar-refractivity contribution in [2.75, 3.05) is 38.0 Å². The van der Waals surface area contributed by atoms with Crippen LogP contribution in [0.5, 0.6) is 0 Å². The molecule has 0 radical (unpaired) electrons. The molecule has 0 unspecified atom stereocenters. The van der Waals surface area contributed by atoms with Crippen molar-refractivity contribution in [1.29, 1.82) is 0 Å². The Balaban J connectivity index is 1.25. The summed E-state index contributed by atoms with van der Waals surface area (Å²) in [5.74, 6) is 1.11. The van der Waals surface area contributed by atoms with Crippen molar-refractivity contribution in [1.82, 2.24) is 15.5 Å². The van der Waals surface area contributed by atoms with Gasteiger partial charge in [-0.15, -0.1) is 0 Å². The van der Waals surface area contributed by atoms with Gasteiger partial charge in [0, 0.05) is 18.7 Å². The molecule has 0 aliphatic carbocycles. The van der Waals surface area contributed by atoms with Crippen LogP contribution in [0.25, 0.3) is 0 Å². The first-order chi connectivity index (χ1) is 13.7. The molecule has 1 atom stereocenters. The van der Waals surface area contributed by atoms with Crippen molar-refractivity contribution in [3.05, 3.63) is 29.8 Å². The van der Waals surface area contributed by atoms with Crippen molar-refractivity contribution in [2.45, 2.75) is 50.5 Å². The molecule has 3 saturated heterocycles. The van der Waals surface area contributed by atoms with E-state index in [1.54, 1.807) is 0 Å². The molecule has 4 rings (SSSR count). The van der Waals surface area contributed by atoms with Crippen LogP contribution in [0.15, 0.2) is 24.3 Å². The zero-order chi connectivity index (χ0) is 19.3. The summed E-state index contributed by atoms with van der Waals surface area (Å²) in [6, 6.07) is 8.21. The molecule has 2 amide bonds. The number of benzene rings is 1. The fraction of sp³-hybridized carbons (Fsp3) is 0.636. The Kier molecular flexibility index (Phi) is 6.27. The van der Waals surface area contributed by atoms with Gasteiger partial charge in [0.1, 0.15) is 6.04 Å². The van der Waals surface area contributed by atoms with Crippen LogP contribution in [-0.2, 0) is 9.59 Å². The van der Waals surface area contributed by atoms with E-state index in [1.807, 2.05) is 0 Å². The average Bonchev–Trinajstić information content (AvgIpc) is 2.72. The van der Waals surface area contributed by atoms with E-state index in [2.05, 4.69) is 45.1 Å². The zero-order valence-corrected chi connectivity index (χ0v) is 16.6. The highest BCUT2D eigenvalue weighted by Crippen LogP contribution is 2.30. The lowest BCUT2D eigenvalue weighted by Crippen LogP contribution is -2.47. The van der Waals surface area contributed by atoms with E-state index in [4.69, 9.17) is 0 Å². The van der Waals surface area contributed by atoms with Crippen LogP contribution in [0.3, 0.4) is 0 Å². The molecule has 3 aliphatic rings. The number of hydrogen-bond acceptors (Lipinski definition) is 5. The van der Waals surface area contributed by atoms with E-state index in [1.165, 1.54) is 64.0 Å². The van der Waals surface area contributed by atoms with Gasteiger partial charge in [-0.25, -0.2) is 0 Å². The third kappa shape index (κ3) is 4.92. The second-order valence-electron chi connectivity index (χ2n) is 8.54. The lowest BCUT2D eigenvalue weighted by atomic mass is 9.88. The Morgan fingerprint density at radius 3 is 2.36 bits per heavy atom. The van der Waals surface area contributed by atoms with Gasteiger partial charge in [-0.05, 0) is 87.8 Å². The molecule has 3 heterocycles. The number of nitrogens with one attached hydrogen (secondary N) is 3. The number of piperidine rings is 3. The minimum Gasteiger partial charge on any atom is -0.374 e. The average molecular weight is 385 g/mol. The monoisotopic (exact) mass is 384 g/mol. The Bertz CT molecular complexity index is 676. The fourth-order valence-electron chi connectivity index (χ4n) is 4.76. The molecule has 0 bridgehead atoms. The number of imide groups is 1. The molecule has 1 aromatic carbocycles. The molecule has 0 saturated carbocycles. The highest BCUT2D eigenvalue weighted by molar-refractivity contribution is 6.01. The minimum absolute atomic E-state index is 0.176. The third-order valence-corrected chi connectivity index (χ3v) is 6.52. The van der Waals surface area contributed by atoms with Crippen molar-refractivity contribution in [2.24, 2.45) is 5.92 Å². The summed E-state index contributed by atoms with van der Waals surface area (Å²) in [6.45, 7) is 6.03. The first-order valence-corrected chi connectivity index (χ1v) is 10.8. The number of amides is 2. The van der Waals surface area contributed by atoms with Crippen molar-refractivity contribution in [3.63, 3.8) is 0 Å². The number of hydrogen-bond donors (Lipinski definition) is 3. The Hall–Kier alpha value is -1.92. The summed E-state index contributed by atoms with van der Waals surface area (Å²) in [4.78, 5) is 25.8. The normalized spacial score (nSPS) is 25.5. The lowest BCUT2D eigenvalue weighted by Gasteiger charge is -2.35. The van der Waals surface area contributed by atoms with E-state index in [0.29, 0.717) is 18.8 Å². The number of likely N-dealkylation sites (tertiary alicyclic amines) is 1. The van der Waals surface area contributed by atoms with Gasteiger partial charge in [0.05, 0.1) is 0 Å². The second-order valence-corrected chi connectivity index (χ2v) is 8.54. The van der Waals surface area contributed by atoms with Crippen molar-refractivity contribution in [3.8, 4) is 0 Å². The second kappa shape index (κ2) is 9.05.